The van der Waals surface area contributed by atoms with Crippen molar-refractivity contribution in [2.75, 3.05) is 54.1 Å². The number of methoxy groups -OCH3 is 1. The van der Waals surface area contributed by atoms with Gasteiger partial charge in [-0.15, -0.1) is 0 Å². The fourth-order valence-corrected chi connectivity index (χ4v) is 1.97. The molecule has 0 aromatic rings. The third-order valence-corrected chi connectivity index (χ3v) is 3.24. The van der Waals surface area contributed by atoms with E-state index in [2.05, 4.69) is 5.32 Å². The molecule has 7 nitrogen and oxygen atoms in total. The van der Waals surface area contributed by atoms with Crippen LogP contribution < -0.4 is 5.32 Å². The van der Waals surface area contributed by atoms with E-state index in [1.54, 1.807) is 26.1 Å². The predicted octanol–water partition coefficient (Wildman–Crippen LogP) is -0.0884. The summed E-state index contributed by atoms with van der Waals surface area (Å²) in [5, 5.41) is 2.94. The van der Waals surface area contributed by atoms with Crippen LogP contribution in [0.4, 0.5) is 4.79 Å². The maximum Gasteiger partial charge on any atom is 0.317 e. The first-order valence-electron chi connectivity index (χ1n) is 6.87. The molecule has 0 radical (unpaired) electrons. The van der Waals surface area contributed by atoms with E-state index in [-0.39, 0.29) is 24.6 Å². The van der Waals surface area contributed by atoms with Gasteiger partial charge in [0.15, 0.2) is 0 Å². The quantitative estimate of drug-likeness (QED) is 0.693. The molecule has 1 heterocycles. The molecule has 1 rings (SSSR count). The van der Waals surface area contributed by atoms with E-state index < -0.39 is 0 Å². The Labute approximate surface area is 120 Å². The molecule has 3 amide bonds. The van der Waals surface area contributed by atoms with Crippen molar-refractivity contribution in [2.24, 2.45) is 0 Å². The number of rotatable bonds is 6. The lowest BCUT2D eigenvalue weighted by Gasteiger charge is -2.32. The number of piperidine rings is 1. The van der Waals surface area contributed by atoms with Gasteiger partial charge in [-0.05, 0) is 12.8 Å². The summed E-state index contributed by atoms with van der Waals surface area (Å²) >= 11 is 0. The first kappa shape index (κ1) is 16.7. The lowest BCUT2D eigenvalue weighted by molar-refractivity contribution is -0.137. The highest BCUT2D eigenvalue weighted by molar-refractivity contribution is 5.77. The van der Waals surface area contributed by atoms with Crippen LogP contribution in [0.25, 0.3) is 0 Å². The summed E-state index contributed by atoms with van der Waals surface area (Å²) in [7, 11) is 5.02. The second-order valence-electron chi connectivity index (χ2n) is 5.04. The van der Waals surface area contributed by atoms with Gasteiger partial charge in [-0.2, -0.15) is 0 Å². The molecule has 1 aliphatic rings. The van der Waals surface area contributed by atoms with Gasteiger partial charge >= 0.3 is 6.03 Å². The topological polar surface area (TPSA) is 71.1 Å². The molecule has 116 valence electrons. The van der Waals surface area contributed by atoms with E-state index in [0.717, 1.165) is 12.8 Å². The summed E-state index contributed by atoms with van der Waals surface area (Å²) in [5.74, 6) is -0.00140. The minimum Gasteiger partial charge on any atom is -0.382 e. The van der Waals surface area contributed by atoms with Crippen LogP contribution >= 0.6 is 0 Å². The Balaban J connectivity index is 2.21. The SMILES string of the molecule is COCCOCC(=O)N1CCC(NC(=O)N(C)C)CC1. The van der Waals surface area contributed by atoms with Crippen LogP contribution in [0.5, 0.6) is 0 Å². The smallest absolute Gasteiger partial charge is 0.317 e. The molecule has 20 heavy (non-hydrogen) atoms. The molecule has 0 bridgehead atoms. The molecule has 0 spiro atoms. The van der Waals surface area contributed by atoms with Crippen molar-refractivity contribution in [3.8, 4) is 0 Å². The van der Waals surface area contributed by atoms with Gasteiger partial charge in [0.05, 0.1) is 13.2 Å². The third-order valence-electron chi connectivity index (χ3n) is 3.24. The number of nitrogens with zero attached hydrogens (tertiary/aromatic N) is 2. The van der Waals surface area contributed by atoms with Crippen LogP contribution in [0, 0.1) is 0 Å². The average Bonchev–Trinajstić information content (AvgIpc) is 2.44. The molecule has 0 saturated carbocycles. The number of amides is 3. The van der Waals surface area contributed by atoms with Crippen LogP contribution in [-0.4, -0.2) is 81.9 Å². The lowest BCUT2D eigenvalue weighted by atomic mass is 10.1. The van der Waals surface area contributed by atoms with E-state index in [0.29, 0.717) is 26.3 Å². The Bertz CT molecular complexity index is 315. The van der Waals surface area contributed by atoms with Crippen molar-refractivity contribution in [1.82, 2.24) is 15.1 Å². The number of carbonyl (C=O) groups is 2. The van der Waals surface area contributed by atoms with Crippen molar-refractivity contribution >= 4 is 11.9 Å². The Hall–Kier alpha value is -1.34. The van der Waals surface area contributed by atoms with E-state index in [1.165, 1.54) is 4.90 Å². The van der Waals surface area contributed by atoms with Crippen molar-refractivity contribution in [3.63, 3.8) is 0 Å². The zero-order chi connectivity index (χ0) is 15.0. The minimum atomic E-state index is -0.0855. The number of ether oxygens (including phenoxy) is 2. The second kappa shape index (κ2) is 8.76. The first-order valence-corrected chi connectivity index (χ1v) is 6.87. The fraction of sp³-hybridized carbons (Fsp3) is 0.846. The molecule has 7 heteroatoms. The first-order chi connectivity index (χ1) is 9.54. The van der Waals surface area contributed by atoms with Gasteiger partial charge in [0.25, 0.3) is 0 Å². The third kappa shape index (κ3) is 5.75. The van der Waals surface area contributed by atoms with Crippen LogP contribution in [0.3, 0.4) is 0 Å². The average molecular weight is 287 g/mol. The van der Waals surface area contributed by atoms with Crippen LogP contribution in [-0.2, 0) is 14.3 Å². The monoisotopic (exact) mass is 287 g/mol. The predicted molar refractivity (Wildman–Crippen MR) is 74.5 cm³/mol. The molecule has 1 fully saturated rings. The number of nitrogens with one attached hydrogen (secondary N) is 1. The summed E-state index contributed by atoms with van der Waals surface area (Å²) in [6.07, 6.45) is 1.56. The van der Waals surface area contributed by atoms with E-state index in [1.807, 2.05) is 0 Å². The van der Waals surface area contributed by atoms with Gasteiger partial charge in [0.2, 0.25) is 5.91 Å². The van der Waals surface area contributed by atoms with Gasteiger partial charge in [-0.3, -0.25) is 4.79 Å². The van der Waals surface area contributed by atoms with Gasteiger partial charge in [-0.25, -0.2) is 4.79 Å². The van der Waals surface area contributed by atoms with Crippen LogP contribution in [0.1, 0.15) is 12.8 Å². The van der Waals surface area contributed by atoms with Crippen molar-refractivity contribution < 1.29 is 19.1 Å². The van der Waals surface area contributed by atoms with Gasteiger partial charge in [-0.1, -0.05) is 0 Å². The molecule has 0 atom stereocenters. The maximum atomic E-state index is 11.9. The van der Waals surface area contributed by atoms with Crippen LogP contribution in [0.2, 0.25) is 0 Å². The molecular formula is C13H25N3O4. The largest absolute Gasteiger partial charge is 0.382 e. The molecule has 0 aromatic heterocycles. The molecular weight excluding hydrogens is 262 g/mol. The molecule has 1 aliphatic heterocycles. The Morgan fingerprint density at radius 2 is 1.90 bits per heavy atom. The zero-order valence-corrected chi connectivity index (χ0v) is 12.6. The van der Waals surface area contributed by atoms with Crippen molar-refractivity contribution in [2.45, 2.75) is 18.9 Å². The second-order valence-corrected chi connectivity index (χ2v) is 5.04. The van der Waals surface area contributed by atoms with Gasteiger partial charge in [0.1, 0.15) is 6.61 Å². The number of urea groups is 1. The van der Waals surface area contributed by atoms with Gasteiger partial charge in [0, 0.05) is 40.3 Å². The minimum absolute atomic E-state index is 0.00140. The fourth-order valence-electron chi connectivity index (χ4n) is 1.97. The molecule has 0 aromatic carbocycles. The summed E-state index contributed by atoms with van der Waals surface area (Å²) in [4.78, 5) is 26.7. The van der Waals surface area contributed by atoms with E-state index in [4.69, 9.17) is 9.47 Å². The number of hydrogen-bond donors (Lipinski definition) is 1. The summed E-state index contributed by atoms with van der Waals surface area (Å²) in [6, 6.07) is 0.0565. The zero-order valence-electron chi connectivity index (χ0n) is 12.6. The molecule has 1 saturated heterocycles. The Kier molecular flexibility index (Phi) is 7.32. The highest BCUT2D eigenvalue weighted by Crippen LogP contribution is 2.10. The number of likely N-dealkylation sites (tertiary alicyclic amines) is 1. The Morgan fingerprint density at radius 3 is 2.45 bits per heavy atom. The standard InChI is InChI=1S/C13H25N3O4/c1-15(2)13(18)14-11-4-6-16(7-5-11)12(17)10-20-9-8-19-3/h11H,4-10H2,1-3H3,(H,14,18). The number of hydrogen-bond acceptors (Lipinski definition) is 4. The van der Waals surface area contributed by atoms with Crippen molar-refractivity contribution in [1.29, 1.82) is 0 Å². The highest BCUT2D eigenvalue weighted by Gasteiger charge is 2.24. The lowest BCUT2D eigenvalue weighted by Crippen LogP contribution is -2.49. The summed E-state index contributed by atoms with van der Waals surface area (Å²) in [5.41, 5.74) is 0. The highest BCUT2D eigenvalue weighted by atomic mass is 16.5. The maximum absolute atomic E-state index is 11.9. The van der Waals surface area contributed by atoms with E-state index in [9.17, 15) is 9.59 Å². The van der Waals surface area contributed by atoms with Crippen molar-refractivity contribution in [3.05, 3.63) is 0 Å². The molecule has 0 aliphatic carbocycles. The number of carbonyl (C=O) groups excluding carboxylic acids is 2. The van der Waals surface area contributed by atoms with Gasteiger partial charge < -0.3 is 24.6 Å². The molecule has 0 unspecified atom stereocenters. The summed E-state index contributed by atoms with van der Waals surface area (Å²) in [6.45, 7) is 2.33. The summed E-state index contributed by atoms with van der Waals surface area (Å²) < 4.78 is 10.1. The van der Waals surface area contributed by atoms with E-state index >= 15 is 0 Å². The van der Waals surface area contributed by atoms with Crippen LogP contribution in [0.15, 0.2) is 0 Å². The normalized spacial score (nSPS) is 16.1. The molecule has 1 N–H and O–H groups in total. The Morgan fingerprint density at radius 1 is 1.25 bits per heavy atom.